The van der Waals surface area contributed by atoms with Crippen LogP contribution >= 0.6 is 11.6 Å². The van der Waals surface area contributed by atoms with Gasteiger partial charge in [0, 0.05) is 23.1 Å². The minimum absolute atomic E-state index is 0.0316. The summed E-state index contributed by atoms with van der Waals surface area (Å²) in [5.41, 5.74) is 1.45. The number of benzene rings is 1. The van der Waals surface area contributed by atoms with E-state index in [1.54, 1.807) is 30.3 Å². The predicted molar refractivity (Wildman–Crippen MR) is 71.8 cm³/mol. The highest BCUT2D eigenvalue weighted by molar-refractivity contribution is 6.30. The van der Waals surface area contributed by atoms with Gasteiger partial charge in [-0.1, -0.05) is 35.8 Å². The number of aromatic nitrogens is 1. The summed E-state index contributed by atoms with van der Waals surface area (Å²) in [6, 6.07) is 8.74. The molecule has 1 heterocycles. The molecule has 0 aliphatic rings. The van der Waals surface area contributed by atoms with Crippen LogP contribution in [0.1, 0.15) is 19.1 Å². The van der Waals surface area contributed by atoms with E-state index in [-0.39, 0.29) is 13.0 Å². The number of ether oxygens (including phenoxy) is 1. The molecule has 0 N–H and O–H groups in total. The summed E-state index contributed by atoms with van der Waals surface area (Å²) in [6.07, 6.45) is -0.251. The second kappa shape index (κ2) is 6.33. The minimum Gasteiger partial charge on any atom is -0.367 e. The molecule has 6 heteroatoms. The summed E-state index contributed by atoms with van der Waals surface area (Å²) in [4.78, 5) is 0. The number of rotatable bonds is 6. The van der Waals surface area contributed by atoms with Crippen LogP contribution in [-0.2, 0) is 11.3 Å². The number of halogens is 3. The van der Waals surface area contributed by atoms with Crippen molar-refractivity contribution < 1.29 is 18.0 Å². The molecular weight excluding hydrogens is 288 g/mol. The third kappa shape index (κ3) is 4.02. The highest BCUT2D eigenvalue weighted by Crippen LogP contribution is 2.22. The highest BCUT2D eigenvalue weighted by atomic mass is 35.5. The van der Waals surface area contributed by atoms with Crippen molar-refractivity contribution in [1.29, 1.82) is 0 Å². The van der Waals surface area contributed by atoms with Crippen molar-refractivity contribution in [2.75, 3.05) is 6.61 Å². The molecule has 0 fully saturated rings. The molecule has 0 bridgehead atoms. The third-order valence-electron chi connectivity index (χ3n) is 2.77. The summed E-state index contributed by atoms with van der Waals surface area (Å²) < 4.78 is 35.9. The molecule has 1 aromatic carbocycles. The van der Waals surface area contributed by atoms with Gasteiger partial charge in [0.05, 0.1) is 0 Å². The molecule has 0 saturated heterocycles. The molecular formula is C14H14ClF2NO2. The number of hydrogen-bond donors (Lipinski definition) is 0. The lowest BCUT2D eigenvalue weighted by atomic mass is 10.1. The van der Waals surface area contributed by atoms with E-state index >= 15 is 0 Å². The first-order valence-electron chi connectivity index (χ1n) is 6.17. The Morgan fingerprint density at radius 3 is 2.65 bits per heavy atom. The van der Waals surface area contributed by atoms with E-state index in [4.69, 9.17) is 20.9 Å². The Morgan fingerprint density at radius 1 is 1.30 bits per heavy atom. The average molecular weight is 302 g/mol. The van der Waals surface area contributed by atoms with Gasteiger partial charge >= 0.3 is 0 Å². The molecule has 0 amide bonds. The van der Waals surface area contributed by atoms with Crippen LogP contribution in [0.4, 0.5) is 8.78 Å². The van der Waals surface area contributed by atoms with Gasteiger partial charge in [0.2, 0.25) is 0 Å². The zero-order valence-electron chi connectivity index (χ0n) is 10.9. The summed E-state index contributed by atoms with van der Waals surface area (Å²) in [5.74, 6) is -2.40. The molecule has 20 heavy (non-hydrogen) atoms. The minimum atomic E-state index is -2.81. The van der Waals surface area contributed by atoms with Crippen molar-refractivity contribution >= 4 is 11.6 Å². The van der Waals surface area contributed by atoms with Crippen molar-refractivity contribution in [2.24, 2.45) is 0 Å². The van der Waals surface area contributed by atoms with E-state index in [1.807, 2.05) is 0 Å². The molecule has 3 nitrogen and oxygen atoms in total. The van der Waals surface area contributed by atoms with Crippen LogP contribution in [0.3, 0.4) is 0 Å². The molecule has 0 aliphatic heterocycles. The normalized spacial score (nSPS) is 11.8. The maximum absolute atomic E-state index is 13.0. The van der Waals surface area contributed by atoms with Crippen LogP contribution in [0.25, 0.3) is 11.3 Å². The SMILES string of the molecule is CCC(F)(F)COCc1cc(-c2ccc(Cl)cc2)no1. The summed E-state index contributed by atoms with van der Waals surface area (Å²) in [6.45, 7) is 0.757. The number of nitrogens with zero attached hydrogens (tertiary/aromatic N) is 1. The molecule has 0 unspecified atom stereocenters. The maximum atomic E-state index is 13.0. The number of alkyl halides is 2. The van der Waals surface area contributed by atoms with E-state index in [0.29, 0.717) is 16.5 Å². The fourth-order valence-corrected chi connectivity index (χ4v) is 1.67. The van der Waals surface area contributed by atoms with Crippen LogP contribution in [0, 0.1) is 0 Å². The van der Waals surface area contributed by atoms with E-state index in [0.717, 1.165) is 5.56 Å². The van der Waals surface area contributed by atoms with Crippen LogP contribution < -0.4 is 0 Å². The van der Waals surface area contributed by atoms with Crippen LogP contribution in [0.15, 0.2) is 34.9 Å². The zero-order valence-corrected chi connectivity index (χ0v) is 11.7. The lowest BCUT2D eigenvalue weighted by Crippen LogP contribution is -2.22. The van der Waals surface area contributed by atoms with Gasteiger partial charge in [-0.3, -0.25) is 0 Å². The molecule has 0 aliphatic carbocycles. The molecule has 0 saturated carbocycles. The monoisotopic (exact) mass is 301 g/mol. The Morgan fingerprint density at radius 2 is 2.00 bits per heavy atom. The predicted octanol–water partition coefficient (Wildman–Crippen LogP) is 4.56. The Bertz CT molecular complexity index is 555. The molecule has 1 aromatic heterocycles. The lowest BCUT2D eigenvalue weighted by molar-refractivity contribution is -0.0862. The first-order chi connectivity index (χ1) is 9.50. The van der Waals surface area contributed by atoms with Gasteiger partial charge in [0.15, 0.2) is 5.76 Å². The summed E-state index contributed by atoms with van der Waals surface area (Å²) >= 11 is 5.79. The Labute approximate surface area is 120 Å². The smallest absolute Gasteiger partial charge is 0.270 e. The Kier molecular flexibility index (Phi) is 4.73. The summed E-state index contributed by atoms with van der Waals surface area (Å²) in [7, 11) is 0. The quantitative estimate of drug-likeness (QED) is 0.784. The Hall–Kier alpha value is -1.46. The van der Waals surface area contributed by atoms with Crippen molar-refractivity contribution in [3.63, 3.8) is 0 Å². The average Bonchev–Trinajstić information content (AvgIpc) is 2.88. The van der Waals surface area contributed by atoms with E-state index in [9.17, 15) is 8.78 Å². The molecule has 108 valence electrons. The van der Waals surface area contributed by atoms with Gasteiger partial charge in [-0.2, -0.15) is 0 Å². The van der Waals surface area contributed by atoms with Gasteiger partial charge in [-0.25, -0.2) is 8.78 Å². The van der Waals surface area contributed by atoms with Crippen molar-refractivity contribution in [1.82, 2.24) is 5.16 Å². The second-order valence-electron chi connectivity index (χ2n) is 4.39. The lowest BCUT2D eigenvalue weighted by Gasteiger charge is -2.12. The van der Waals surface area contributed by atoms with Gasteiger partial charge in [-0.15, -0.1) is 0 Å². The molecule has 0 atom stereocenters. The zero-order chi connectivity index (χ0) is 14.6. The van der Waals surface area contributed by atoms with Gasteiger partial charge in [0.1, 0.15) is 18.9 Å². The van der Waals surface area contributed by atoms with Gasteiger partial charge < -0.3 is 9.26 Å². The molecule has 0 radical (unpaired) electrons. The fourth-order valence-electron chi connectivity index (χ4n) is 1.54. The largest absolute Gasteiger partial charge is 0.367 e. The molecule has 2 rings (SSSR count). The second-order valence-corrected chi connectivity index (χ2v) is 4.82. The van der Waals surface area contributed by atoms with E-state index < -0.39 is 12.5 Å². The standard InChI is InChI=1S/C14H14ClF2NO2/c1-2-14(16,17)9-19-8-12-7-13(18-20-12)10-3-5-11(15)6-4-10/h3-7H,2,8-9H2,1H3. The van der Waals surface area contributed by atoms with E-state index in [2.05, 4.69) is 5.16 Å². The Balaban J connectivity index is 1.94. The highest BCUT2D eigenvalue weighted by Gasteiger charge is 2.26. The fraction of sp³-hybridized carbons (Fsp3) is 0.357. The first kappa shape index (κ1) is 14.9. The van der Waals surface area contributed by atoms with Gasteiger partial charge in [-0.05, 0) is 12.1 Å². The first-order valence-corrected chi connectivity index (χ1v) is 6.55. The van der Waals surface area contributed by atoms with E-state index in [1.165, 1.54) is 6.92 Å². The number of hydrogen-bond acceptors (Lipinski definition) is 3. The van der Waals surface area contributed by atoms with Gasteiger partial charge in [0.25, 0.3) is 5.92 Å². The molecule has 0 spiro atoms. The third-order valence-corrected chi connectivity index (χ3v) is 3.03. The van der Waals surface area contributed by atoms with Crippen LogP contribution in [-0.4, -0.2) is 17.7 Å². The van der Waals surface area contributed by atoms with Crippen molar-refractivity contribution in [2.45, 2.75) is 25.9 Å². The maximum Gasteiger partial charge on any atom is 0.270 e. The van der Waals surface area contributed by atoms with Crippen molar-refractivity contribution in [3.8, 4) is 11.3 Å². The van der Waals surface area contributed by atoms with Crippen molar-refractivity contribution in [3.05, 3.63) is 41.1 Å². The summed E-state index contributed by atoms with van der Waals surface area (Å²) in [5, 5.41) is 4.49. The van der Waals surface area contributed by atoms with Crippen LogP contribution in [0.2, 0.25) is 5.02 Å². The molecule has 2 aromatic rings. The topological polar surface area (TPSA) is 35.3 Å². The van der Waals surface area contributed by atoms with Crippen LogP contribution in [0.5, 0.6) is 0 Å².